The first-order valence-electron chi connectivity index (χ1n) is 6.37. The lowest BCUT2D eigenvalue weighted by Crippen LogP contribution is -2.14. The number of hydrogen-bond donors (Lipinski definition) is 0. The van der Waals surface area contributed by atoms with Crippen LogP contribution >= 0.6 is 0 Å². The molecule has 0 heteroatoms. The summed E-state index contributed by atoms with van der Waals surface area (Å²) in [6.07, 6.45) is 7.77. The molecule has 17 heavy (non-hydrogen) atoms. The molecule has 0 aliphatic heterocycles. The Morgan fingerprint density at radius 1 is 1.24 bits per heavy atom. The molecule has 0 bridgehead atoms. The molecule has 1 atom stereocenters. The van der Waals surface area contributed by atoms with E-state index in [1.54, 1.807) is 0 Å². The van der Waals surface area contributed by atoms with Crippen molar-refractivity contribution in [3.05, 3.63) is 60.2 Å². The van der Waals surface area contributed by atoms with Crippen molar-refractivity contribution < 1.29 is 0 Å². The molecular weight excluding hydrogens is 204 g/mol. The van der Waals surface area contributed by atoms with Crippen molar-refractivity contribution in [2.75, 3.05) is 0 Å². The van der Waals surface area contributed by atoms with Crippen LogP contribution in [0.2, 0.25) is 0 Å². The third-order valence-electron chi connectivity index (χ3n) is 3.08. The highest BCUT2D eigenvalue weighted by molar-refractivity contribution is 5.16. The third-order valence-corrected chi connectivity index (χ3v) is 3.08. The Kier molecular flexibility index (Phi) is 5.21. The first-order valence-corrected chi connectivity index (χ1v) is 6.37. The number of allylic oxidation sites excluding steroid dienone is 3. The van der Waals surface area contributed by atoms with Crippen molar-refractivity contribution >= 4 is 0 Å². The van der Waals surface area contributed by atoms with E-state index in [9.17, 15) is 0 Å². The van der Waals surface area contributed by atoms with Gasteiger partial charge in [-0.05, 0) is 44.1 Å². The Morgan fingerprint density at radius 3 is 2.41 bits per heavy atom. The summed E-state index contributed by atoms with van der Waals surface area (Å²) < 4.78 is 0. The molecule has 0 N–H and O–H groups in total. The first kappa shape index (κ1) is 13.8. The highest BCUT2D eigenvalue weighted by Crippen LogP contribution is 2.31. The van der Waals surface area contributed by atoms with Gasteiger partial charge in [0.2, 0.25) is 0 Å². The second-order valence-electron chi connectivity index (χ2n) is 5.35. The highest BCUT2D eigenvalue weighted by atomic mass is 14.2. The van der Waals surface area contributed by atoms with Gasteiger partial charge in [0, 0.05) is 0 Å². The lowest BCUT2D eigenvalue weighted by Gasteiger charge is -2.25. The zero-order chi connectivity index (χ0) is 12.7. The molecule has 0 fully saturated rings. The molecule has 1 rings (SSSR count). The molecule has 0 amide bonds. The van der Waals surface area contributed by atoms with Crippen LogP contribution in [0.15, 0.2) is 54.6 Å². The predicted octanol–water partition coefficient (Wildman–Crippen LogP) is 5.17. The van der Waals surface area contributed by atoms with E-state index in [0.29, 0.717) is 0 Å². The second-order valence-corrected chi connectivity index (χ2v) is 5.35. The maximum atomic E-state index is 3.88. The molecule has 0 aromatic heterocycles. The molecule has 1 aromatic rings. The van der Waals surface area contributed by atoms with Gasteiger partial charge in [0.1, 0.15) is 0 Å². The van der Waals surface area contributed by atoms with E-state index in [0.717, 1.165) is 12.8 Å². The van der Waals surface area contributed by atoms with Crippen molar-refractivity contribution in [3.63, 3.8) is 0 Å². The maximum absolute atomic E-state index is 3.88. The van der Waals surface area contributed by atoms with Crippen LogP contribution in [0.25, 0.3) is 0 Å². The quantitative estimate of drug-likeness (QED) is 0.589. The smallest absolute Gasteiger partial charge is 0.0107 e. The average molecular weight is 228 g/mol. The van der Waals surface area contributed by atoms with Gasteiger partial charge >= 0.3 is 0 Å². The summed E-state index contributed by atoms with van der Waals surface area (Å²) in [5, 5.41) is 0. The van der Waals surface area contributed by atoms with Crippen LogP contribution in [0.4, 0.5) is 0 Å². The van der Waals surface area contributed by atoms with Gasteiger partial charge in [-0.15, -0.1) is 6.58 Å². The summed E-state index contributed by atoms with van der Waals surface area (Å²) >= 11 is 0. The van der Waals surface area contributed by atoms with E-state index in [-0.39, 0.29) is 5.41 Å². The molecule has 1 aromatic carbocycles. The van der Waals surface area contributed by atoms with Crippen molar-refractivity contribution in [2.24, 2.45) is 5.41 Å². The lowest BCUT2D eigenvalue weighted by atomic mass is 9.80. The lowest BCUT2D eigenvalue weighted by molar-refractivity contribution is 0.395. The minimum atomic E-state index is 0.246. The Hall–Kier alpha value is -1.30. The maximum Gasteiger partial charge on any atom is -0.0107 e. The van der Waals surface area contributed by atoms with Gasteiger partial charge in [-0.1, -0.05) is 55.0 Å². The van der Waals surface area contributed by atoms with E-state index in [2.05, 4.69) is 63.8 Å². The van der Waals surface area contributed by atoms with Crippen LogP contribution in [0.3, 0.4) is 0 Å². The Morgan fingerprint density at radius 2 is 1.88 bits per heavy atom. The molecular formula is C17H24. The van der Waals surface area contributed by atoms with Gasteiger partial charge in [-0.2, -0.15) is 0 Å². The normalized spacial score (nSPS) is 13.8. The average Bonchev–Trinajstić information content (AvgIpc) is 2.27. The standard InChI is InChI=1S/C17H24/c1-5-12-17(4,14-15(2)3)13-11-16-9-7-6-8-10-16/h5-10,14H,1,11-13H2,2-4H3. The van der Waals surface area contributed by atoms with Crippen LogP contribution < -0.4 is 0 Å². The van der Waals surface area contributed by atoms with Gasteiger partial charge in [0.05, 0.1) is 0 Å². The van der Waals surface area contributed by atoms with Crippen LogP contribution in [0.1, 0.15) is 39.2 Å². The largest absolute Gasteiger partial charge is 0.103 e. The first-order chi connectivity index (χ1) is 8.06. The Balaban J connectivity index is 2.68. The number of rotatable bonds is 6. The molecule has 1 unspecified atom stereocenters. The molecule has 0 saturated heterocycles. The van der Waals surface area contributed by atoms with Gasteiger partial charge in [0.25, 0.3) is 0 Å². The van der Waals surface area contributed by atoms with Crippen molar-refractivity contribution in [1.82, 2.24) is 0 Å². The van der Waals surface area contributed by atoms with E-state index in [4.69, 9.17) is 0 Å². The molecule has 0 saturated carbocycles. The molecule has 92 valence electrons. The fourth-order valence-corrected chi connectivity index (χ4v) is 2.33. The van der Waals surface area contributed by atoms with Crippen molar-refractivity contribution in [2.45, 2.75) is 40.0 Å². The molecule has 0 aliphatic carbocycles. The fourth-order valence-electron chi connectivity index (χ4n) is 2.33. The summed E-state index contributed by atoms with van der Waals surface area (Å²) in [7, 11) is 0. The van der Waals surface area contributed by atoms with Crippen molar-refractivity contribution in [3.8, 4) is 0 Å². The summed E-state index contributed by atoms with van der Waals surface area (Å²) in [5.41, 5.74) is 3.06. The number of benzene rings is 1. The number of hydrogen-bond acceptors (Lipinski definition) is 0. The molecule has 0 nitrogen and oxygen atoms in total. The van der Waals surface area contributed by atoms with Gasteiger partial charge < -0.3 is 0 Å². The van der Waals surface area contributed by atoms with Crippen LogP contribution in [0.5, 0.6) is 0 Å². The van der Waals surface area contributed by atoms with E-state index in [1.807, 2.05) is 6.08 Å². The topological polar surface area (TPSA) is 0 Å². The minimum absolute atomic E-state index is 0.246. The van der Waals surface area contributed by atoms with Crippen LogP contribution in [0, 0.1) is 5.41 Å². The summed E-state index contributed by atoms with van der Waals surface area (Å²) in [4.78, 5) is 0. The monoisotopic (exact) mass is 228 g/mol. The molecule has 0 heterocycles. The zero-order valence-corrected chi connectivity index (χ0v) is 11.4. The van der Waals surface area contributed by atoms with E-state index in [1.165, 1.54) is 17.6 Å². The Bertz CT molecular complexity index is 368. The summed E-state index contributed by atoms with van der Waals surface area (Å²) in [6, 6.07) is 10.7. The molecule has 0 spiro atoms. The second kappa shape index (κ2) is 6.44. The summed E-state index contributed by atoms with van der Waals surface area (Å²) in [5.74, 6) is 0. The van der Waals surface area contributed by atoms with Gasteiger partial charge in [-0.3, -0.25) is 0 Å². The Labute approximate surface area is 106 Å². The number of aryl methyl sites for hydroxylation is 1. The highest BCUT2D eigenvalue weighted by Gasteiger charge is 2.19. The fraction of sp³-hybridized carbons (Fsp3) is 0.412. The van der Waals surface area contributed by atoms with E-state index < -0.39 is 0 Å². The minimum Gasteiger partial charge on any atom is -0.103 e. The predicted molar refractivity (Wildman–Crippen MR) is 77.1 cm³/mol. The zero-order valence-electron chi connectivity index (χ0n) is 11.4. The van der Waals surface area contributed by atoms with Gasteiger partial charge in [0.15, 0.2) is 0 Å². The van der Waals surface area contributed by atoms with Crippen molar-refractivity contribution in [1.29, 1.82) is 0 Å². The summed E-state index contributed by atoms with van der Waals surface area (Å²) in [6.45, 7) is 10.5. The van der Waals surface area contributed by atoms with Crippen LogP contribution in [-0.4, -0.2) is 0 Å². The van der Waals surface area contributed by atoms with Crippen LogP contribution in [-0.2, 0) is 6.42 Å². The molecule has 0 radical (unpaired) electrons. The van der Waals surface area contributed by atoms with Gasteiger partial charge in [-0.25, -0.2) is 0 Å². The SMILES string of the molecule is C=CCC(C)(C=C(C)C)CCc1ccccc1. The third kappa shape index (κ3) is 5.04. The molecule has 0 aliphatic rings. The van der Waals surface area contributed by atoms with E-state index >= 15 is 0 Å².